The lowest BCUT2D eigenvalue weighted by molar-refractivity contribution is -0.139. The molecule has 38 heavy (non-hydrogen) atoms. The highest BCUT2D eigenvalue weighted by molar-refractivity contribution is 7.91. The maximum atomic E-state index is 13.8. The van der Waals surface area contributed by atoms with Gasteiger partial charge in [0.2, 0.25) is 0 Å². The van der Waals surface area contributed by atoms with E-state index in [1.54, 1.807) is 6.92 Å². The van der Waals surface area contributed by atoms with Gasteiger partial charge in [0.05, 0.1) is 45.4 Å². The van der Waals surface area contributed by atoms with Gasteiger partial charge in [-0.3, -0.25) is 4.79 Å². The third-order valence-electron chi connectivity index (χ3n) is 6.51. The van der Waals surface area contributed by atoms with Crippen LogP contribution in [-0.4, -0.2) is 40.6 Å². The number of halogens is 4. The first-order chi connectivity index (χ1) is 17.8. The van der Waals surface area contributed by atoms with Gasteiger partial charge >= 0.3 is 6.18 Å². The van der Waals surface area contributed by atoms with Crippen molar-refractivity contribution in [2.24, 2.45) is 0 Å². The highest BCUT2D eigenvalue weighted by Gasteiger charge is 2.35. The van der Waals surface area contributed by atoms with Crippen molar-refractivity contribution in [3.05, 3.63) is 76.7 Å². The molecule has 1 aliphatic rings. The lowest BCUT2D eigenvalue weighted by Crippen LogP contribution is -2.16. The SMILES string of the molecule is Cc1ccc(-c2cc(C(=O)Nc3ccc(F)c(C(F)(F)F)c3)c3c(C)nn(C4CCS(=O)(=O)C4)c3n2)cc1. The van der Waals surface area contributed by atoms with Crippen LogP contribution in [0.15, 0.2) is 48.5 Å². The van der Waals surface area contributed by atoms with E-state index in [2.05, 4.69) is 10.4 Å². The standard InChI is InChI=1S/C26H22F4N4O3S/c1-14-3-5-16(6-4-14)22-12-19(25(35)31-17-7-8-21(27)20(11-17)26(28,29)30)23-15(2)33-34(24(23)32-22)18-9-10-38(36,37)13-18/h3-8,11-12,18H,9-10,13H2,1-2H3,(H,31,35). The summed E-state index contributed by atoms with van der Waals surface area (Å²) in [6, 6.07) is 10.6. The Bertz CT molecular complexity index is 1680. The summed E-state index contributed by atoms with van der Waals surface area (Å²) in [5.41, 5.74) is 1.14. The van der Waals surface area contributed by atoms with E-state index < -0.39 is 39.3 Å². The van der Waals surface area contributed by atoms with Gasteiger partial charge in [-0.2, -0.15) is 18.3 Å². The van der Waals surface area contributed by atoms with Crippen molar-refractivity contribution in [3.63, 3.8) is 0 Å². The van der Waals surface area contributed by atoms with E-state index in [1.807, 2.05) is 31.2 Å². The molecule has 0 aliphatic carbocycles. The lowest BCUT2D eigenvalue weighted by Gasteiger charge is -2.13. The minimum Gasteiger partial charge on any atom is -0.322 e. The van der Waals surface area contributed by atoms with Gasteiger partial charge in [-0.25, -0.2) is 22.5 Å². The van der Waals surface area contributed by atoms with Crippen molar-refractivity contribution in [3.8, 4) is 11.3 Å². The number of alkyl halides is 3. The average molecular weight is 547 g/mol. The first-order valence-electron chi connectivity index (χ1n) is 11.7. The van der Waals surface area contributed by atoms with Crippen LogP contribution >= 0.6 is 0 Å². The molecule has 0 radical (unpaired) electrons. The predicted octanol–water partition coefficient (Wildman–Crippen LogP) is 5.48. The Morgan fingerprint density at radius 1 is 1.08 bits per heavy atom. The molecule has 4 aromatic rings. The Hall–Kier alpha value is -3.80. The fraction of sp³-hybridized carbons (Fsp3) is 0.269. The van der Waals surface area contributed by atoms with Gasteiger partial charge in [-0.15, -0.1) is 0 Å². The largest absolute Gasteiger partial charge is 0.419 e. The third-order valence-corrected chi connectivity index (χ3v) is 8.26. The quantitative estimate of drug-likeness (QED) is 0.342. The van der Waals surface area contributed by atoms with Crippen LogP contribution in [0, 0.1) is 19.7 Å². The van der Waals surface area contributed by atoms with Crippen molar-refractivity contribution in [2.45, 2.75) is 32.5 Å². The van der Waals surface area contributed by atoms with Crippen LogP contribution in [0.3, 0.4) is 0 Å². The van der Waals surface area contributed by atoms with E-state index in [9.17, 15) is 30.8 Å². The number of nitrogens with one attached hydrogen (secondary N) is 1. The summed E-state index contributed by atoms with van der Waals surface area (Å²) < 4.78 is 79.2. The van der Waals surface area contributed by atoms with Crippen molar-refractivity contribution in [2.75, 3.05) is 16.8 Å². The second-order valence-electron chi connectivity index (χ2n) is 9.35. The zero-order valence-electron chi connectivity index (χ0n) is 20.3. The molecule has 3 heterocycles. The minimum absolute atomic E-state index is 0.00910. The number of rotatable bonds is 4. The van der Waals surface area contributed by atoms with Crippen LogP contribution in [0.5, 0.6) is 0 Å². The summed E-state index contributed by atoms with van der Waals surface area (Å²) in [5.74, 6) is -2.30. The Kier molecular flexibility index (Phi) is 6.25. The van der Waals surface area contributed by atoms with Gasteiger partial charge in [0, 0.05) is 11.3 Å². The van der Waals surface area contributed by atoms with E-state index in [4.69, 9.17) is 4.98 Å². The van der Waals surface area contributed by atoms with Crippen LogP contribution in [0.1, 0.15) is 39.6 Å². The first kappa shape index (κ1) is 25.8. The number of anilines is 1. The molecular formula is C26H22F4N4O3S. The third kappa shape index (κ3) is 4.87. The summed E-state index contributed by atoms with van der Waals surface area (Å²) in [7, 11) is -3.25. The predicted molar refractivity (Wildman–Crippen MR) is 134 cm³/mol. The summed E-state index contributed by atoms with van der Waals surface area (Å²) in [6.07, 6.45) is -4.60. The van der Waals surface area contributed by atoms with E-state index in [-0.39, 0.29) is 22.8 Å². The number of aromatic nitrogens is 3. The molecule has 198 valence electrons. The second-order valence-corrected chi connectivity index (χ2v) is 11.6. The number of carbonyl (C=O) groups is 1. The number of hydrogen-bond acceptors (Lipinski definition) is 5. The first-order valence-corrected chi connectivity index (χ1v) is 13.5. The summed E-state index contributed by atoms with van der Waals surface area (Å²) >= 11 is 0. The van der Waals surface area contributed by atoms with Crippen molar-refractivity contribution >= 4 is 32.5 Å². The van der Waals surface area contributed by atoms with Crippen LogP contribution in [0.2, 0.25) is 0 Å². The van der Waals surface area contributed by atoms with Crippen molar-refractivity contribution in [1.82, 2.24) is 14.8 Å². The van der Waals surface area contributed by atoms with Crippen LogP contribution in [0.25, 0.3) is 22.3 Å². The van der Waals surface area contributed by atoms with Gasteiger partial charge in [-0.1, -0.05) is 29.8 Å². The molecule has 0 spiro atoms. The molecule has 1 amide bonds. The Morgan fingerprint density at radius 2 is 1.79 bits per heavy atom. The van der Waals surface area contributed by atoms with Crippen LogP contribution < -0.4 is 5.32 Å². The van der Waals surface area contributed by atoms with Gasteiger partial charge in [0.15, 0.2) is 15.5 Å². The molecule has 5 rings (SSSR count). The fourth-order valence-electron chi connectivity index (χ4n) is 4.61. The molecule has 1 N–H and O–H groups in total. The number of aryl methyl sites for hydroxylation is 2. The number of hydrogen-bond donors (Lipinski definition) is 1. The summed E-state index contributed by atoms with van der Waals surface area (Å²) in [6.45, 7) is 3.56. The molecule has 1 fully saturated rings. The van der Waals surface area contributed by atoms with Crippen LogP contribution in [-0.2, 0) is 16.0 Å². The Labute approximate surface area is 215 Å². The zero-order chi connectivity index (χ0) is 27.4. The number of benzene rings is 2. The van der Waals surface area contributed by atoms with E-state index in [1.165, 1.54) is 10.7 Å². The number of sulfone groups is 1. The molecule has 2 aromatic heterocycles. The lowest BCUT2D eigenvalue weighted by atomic mass is 10.0. The molecule has 1 unspecified atom stereocenters. The number of nitrogens with zero attached hydrogens (tertiary/aromatic N) is 3. The minimum atomic E-state index is -4.94. The zero-order valence-corrected chi connectivity index (χ0v) is 21.1. The average Bonchev–Trinajstić information content (AvgIpc) is 3.38. The van der Waals surface area contributed by atoms with Crippen molar-refractivity contribution in [1.29, 1.82) is 0 Å². The molecule has 2 aromatic carbocycles. The fourth-order valence-corrected chi connectivity index (χ4v) is 6.30. The number of fused-ring (bicyclic) bond motifs is 1. The monoisotopic (exact) mass is 546 g/mol. The molecule has 0 bridgehead atoms. The molecule has 1 aliphatic heterocycles. The maximum Gasteiger partial charge on any atom is 0.419 e. The van der Waals surface area contributed by atoms with E-state index >= 15 is 0 Å². The summed E-state index contributed by atoms with van der Waals surface area (Å²) in [4.78, 5) is 18.2. The highest BCUT2D eigenvalue weighted by Crippen LogP contribution is 2.35. The number of pyridine rings is 1. The van der Waals surface area contributed by atoms with Gasteiger partial charge < -0.3 is 5.32 Å². The molecule has 7 nitrogen and oxygen atoms in total. The van der Waals surface area contributed by atoms with Gasteiger partial charge in [0.25, 0.3) is 5.91 Å². The van der Waals surface area contributed by atoms with Gasteiger partial charge in [0.1, 0.15) is 5.82 Å². The topological polar surface area (TPSA) is 94.0 Å². The van der Waals surface area contributed by atoms with E-state index in [0.717, 1.165) is 11.6 Å². The molecule has 12 heteroatoms. The normalized spacial score (nSPS) is 17.2. The molecule has 1 saturated heterocycles. The van der Waals surface area contributed by atoms with Crippen molar-refractivity contribution < 1.29 is 30.8 Å². The number of carbonyl (C=O) groups excluding carboxylic acids is 1. The highest BCUT2D eigenvalue weighted by atomic mass is 32.2. The summed E-state index contributed by atoms with van der Waals surface area (Å²) in [5, 5.41) is 7.28. The Morgan fingerprint density at radius 3 is 2.42 bits per heavy atom. The molecular weight excluding hydrogens is 524 g/mol. The molecule has 1 atom stereocenters. The van der Waals surface area contributed by atoms with Gasteiger partial charge in [-0.05, 0) is 44.5 Å². The van der Waals surface area contributed by atoms with Crippen LogP contribution in [0.4, 0.5) is 23.2 Å². The number of amides is 1. The second kappa shape index (κ2) is 9.19. The maximum absolute atomic E-state index is 13.8. The smallest absolute Gasteiger partial charge is 0.322 e. The Balaban J connectivity index is 1.65. The molecule has 0 saturated carbocycles. The van der Waals surface area contributed by atoms with E-state index in [0.29, 0.717) is 46.5 Å².